The highest BCUT2D eigenvalue weighted by Crippen LogP contribution is 2.43. The van der Waals surface area contributed by atoms with Gasteiger partial charge in [-0.15, -0.1) is 4.72 Å². The Morgan fingerprint density at radius 3 is 2.36 bits per heavy atom. The molecule has 0 amide bonds. The molecule has 1 rings (SSSR count). The maximum atomic E-state index is 15.1. The Morgan fingerprint density at radius 1 is 1.28 bits per heavy atom. The molecule has 1 aromatic carbocycles. The largest absolute Gasteiger partial charge is 0.598 e. The Hall–Kier alpha value is -1.27. The molecule has 0 bridgehead atoms. The van der Waals surface area contributed by atoms with Gasteiger partial charge in [0.05, 0.1) is 0 Å². The van der Waals surface area contributed by atoms with E-state index in [0.717, 1.165) is 6.07 Å². The van der Waals surface area contributed by atoms with Crippen LogP contribution in [0.25, 0.3) is 4.85 Å². The van der Waals surface area contributed by atoms with Crippen molar-refractivity contribution in [1.29, 1.82) is 0 Å². The number of alkyl halides is 2. The van der Waals surface area contributed by atoms with E-state index in [1.54, 1.807) is 20.8 Å². The number of halogens is 3. The van der Waals surface area contributed by atoms with Crippen molar-refractivity contribution in [2.45, 2.75) is 50.3 Å². The number of hydrogen-bond acceptors (Lipinski definition) is 3. The molecule has 8 heteroatoms. The zero-order valence-corrected chi connectivity index (χ0v) is 15.6. The van der Waals surface area contributed by atoms with E-state index < -0.39 is 46.7 Å². The molecule has 0 aromatic heterocycles. The number of ether oxygens (including phenoxy) is 1. The summed E-state index contributed by atoms with van der Waals surface area (Å²) in [5, 5.41) is 0. The number of nitrogens with one attached hydrogen (secondary N) is 1. The maximum Gasteiger partial charge on any atom is 0.318 e. The van der Waals surface area contributed by atoms with Crippen molar-refractivity contribution in [3.8, 4) is 0 Å². The summed E-state index contributed by atoms with van der Waals surface area (Å²) >= 11 is -1.88. The fourth-order valence-corrected chi connectivity index (χ4v) is 3.34. The molecule has 1 N–H and O–H groups in total. The van der Waals surface area contributed by atoms with Crippen molar-refractivity contribution in [3.63, 3.8) is 0 Å². The third-order valence-electron chi connectivity index (χ3n) is 3.75. The topological polar surface area (TPSA) is 48.7 Å². The molecule has 1 aromatic rings. The smallest absolute Gasteiger partial charge is 0.318 e. The van der Waals surface area contributed by atoms with Crippen LogP contribution in [0.5, 0.6) is 0 Å². The molecule has 0 aliphatic rings. The summed E-state index contributed by atoms with van der Waals surface area (Å²) < 4.78 is 63.5. The number of nitrogens with zero attached hydrogens (tertiary/aromatic N) is 1. The van der Waals surface area contributed by atoms with Gasteiger partial charge in [0.2, 0.25) is 0 Å². The van der Waals surface area contributed by atoms with Crippen LogP contribution in [0.4, 0.5) is 13.2 Å². The third kappa shape index (κ3) is 4.88. The third-order valence-corrected chi connectivity index (χ3v) is 5.40. The zero-order valence-electron chi connectivity index (χ0n) is 14.7. The van der Waals surface area contributed by atoms with Crippen LogP contribution < -0.4 is 4.72 Å². The van der Waals surface area contributed by atoms with Gasteiger partial charge in [-0.3, -0.25) is 4.85 Å². The molecule has 0 aliphatic carbocycles. The van der Waals surface area contributed by atoms with Crippen LogP contribution >= 0.6 is 0 Å². The van der Waals surface area contributed by atoms with Crippen molar-refractivity contribution in [1.82, 2.24) is 4.72 Å². The van der Waals surface area contributed by atoms with E-state index in [-0.39, 0.29) is 12.0 Å². The first kappa shape index (κ1) is 21.8. The Kier molecular flexibility index (Phi) is 7.32. The van der Waals surface area contributed by atoms with Crippen LogP contribution in [0.3, 0.4) is 0 Å². The second-order valence-corrected chi connectivity index (χ2v) is 8.53. The fraction of sp³-hybridized carbons (Fsp3) is 0.588. The summed E-state index contributed by atoms with van der Waals surface area (Å²) in [6, 6.07) is 5.17. The van der Waals surface area contributed by atoms with Gasteiger partial charge in [0.25, 0.3) is 5.92 Å². The van der Waals surface area contributed by atoms with E-state index in [1.165, 1.54) is 25.1 Å². The molecule has 2 atom stereocenters. The molecular formula is C17H23F3N2O2S. The highest BCUT2D eigenvalue weighted by atomic mass is 32.2. The van der Waals surface area contributed by atoms with Gasteiger partial charge in [-0.1, -0.05) is 25.1 Å². The minimum absolute atomic E-state index is 0.232. The quantitative estimate of drug-likeness (QED) is 0.424. The highest BCUT2D eigenvalue weighted by Gasteiger charge is 2.58. The molecule has 0 fully saturated rings. The minimum atomic E-state index is -3.60. The predicted octanol–water partition coefficient (Wildman–Crippen LogP) is 4.01. The van der Waals surface area contributed by atoms with Gasteiger partial charge in [0, 0.05) is 16.9 Å². The Balaban J connectivity index is 3.43. The molecule has 0 radical (unpaired) electrons. The van der Waals surface area contributed by atoms with Crippen LogP contribution in [0.1, 0.15) is 39.7 Å². The first-order chi connectivity index (χ1) is 11.5. The highest BCUT2D eigenvalue weighted by molar-refractivity contribution is 7.90. The first-order valence-corrected chi connectivity index (χ1v) is 8.90. The van der Waals surface area contributed by atoms with E-state index in [0.29, 0.717) is 0 Å². The normalized spacial score (nSPS) is 16.1. The van der Waals surface area contributed by atoms with Crippen LogP contribution in [-0.2, 0) is 21.6 Å². The lowest BCUT2D eigenvalue weighted by Gasteiger charge is -2.41. The van der Waals surface area contributed by atoms with E-state index in [9.17, 15) is 8.94 Å². The van der Waals surface area contributed by atoms with Gasteiger partial charge in [0.1, 0.15) is 17.2 Å². The molecule has 0 aliphatic heterocycles. The van der Waals surface area contributed by atoms with Gasteiger partial charge in [-0.2, -0.15) is 0 Å². The van der Waals surface area contributed by atoms with Crippen molar-refractivity contribution >= 4 is 11.4 Å². The molecule has 25 heavy (non-hydrogen) atoms. The van der Waals surface area contributed by atoms with Crippen molar-refractivity contribution in [3.05, 3.63) is 47.1 Å². The molecule has 0 spiro atoms. The second-order valence-electron chi connectivity index (χ2n) is 6.56. The second kappa shape index (κ2) is 8.41. The van der Waals surface area contributed by atoms with Crippen molar-refractivity contribution in [2.75, 3.05) is 13.3 Å². The molecular weight excluding hydrogens is 353 g/mol. The van der Waals surface area contributed by atoms with Gasteiger partial charge in [0.15, 0.2) is 5.54 Å². The first-order valence-electron chi connectivity index (χ1n) is 7.75. The fourth-order valence-electron chi connectivity index (χ4n) is 2.31. The number of benzene rings is 1. The predicted molar refractivity (Wildman–Crippen MR) is 91.8 cm³/mol. The summed E-state index contributed by atoms with van der Waals surface area (Å²) in [6.45, 7) is 11.4. The monoisotopic (exact) mass is 376 g/mol. The molecule has 4 nitrogen and oxygen atoms in total. The summed E-state index contributed by atoms with van der Waals surface area (Å²) in [5.74, 6) is -4.43. The van der Waals surface area contributed by atoms with Gasteiger partial charge < -0.3 is 9.29 Å². The van der Waals surface area contributed by atoms with Crippen LogP contribution in [0.2, 0.25) is 0 Å². The van der Waals surface area contributed by atoms with Crippen molar-refractivity contribution < 1.29 is 22.5 Å². The average Bonchev–Trinajstić information content (AvgIpc) is 2.52. The Morgan fingerprint density at radius 2 is 1.88 bits per heavy atom. The number of rotatable bonds is 8. The van der Waals surface area contributed by atoms with E-state index >= 15 is 8.78 Å². The SMILES string of the molecule is [C-]#[N+]COCC(F)(F)[C@](CC)(N[S+]([O-])C(C)(C)C)c1ccccc1F. The van der Waals surface area contributed by atoms with Gasteiger partial charge >= 0.3 is 6.73 Å². The number of hydrogen-bond donors (Lipinski definition) is 1. The van der Waals surface area contributed by atoms with Gasteiger partial charge in [-0.25, -0.2) is 19.7 Å². The lowest BCUT2D eigenvalue weighted by atomic mass is 9.82. The van der Waals surface area contributed by atoms with E-state index in [1.807, 2.05) is 0 Å². The lowest BCUT2D eigenvalue weighted by molar-refractivity contribution is -0.136. The van der Waals surface area contributed by atoms with Gasteiger partial charge in [-0.05, 0) is 33.3 Å². The summed E-state index contributed by atoms with van der Waals surface area (Å²) in [5.41, 5.74) is -2.52. The van der Waals surface area contributed by atoms with Crippen LogP contribution in [-0.4, -0.2) is 28.6 Å². The zero-order chi connectivity index (χ0) is 19.3. The molecule has 140 valence electrons. The Bertz CT molecular complexity index is 617. The van der Waals surface area contributed by atoms with Crippen molar-refractivity contribution in [2.24, 2.45) is 0 Å². The molecule has 1 unspecified atom stereocenters. The standard InChI is InChI=1S/C17H23F3N2O2S/c1-6-16(22-25(23)15(2,3)4,13-9-7-8-10-14(13)18)17(19,20)11-24-12-21-5/h7-10,22H,6,11-12H2,1-4H3/t16-,25?/m1/s1. The average molecular weight is 376 g/mol. The van der Waals surface area contributed by atoms with Crippen LogP contribution in [0.15, 0.2) is 24.3 Å². The molecule has 0 saturated carbocycles. The van der Waals surface area contributed by atoms with E-state index in [2.05, 4.69) is 9.57 Å². The maximum absolute atomic E-state index is 15.1. The molecule has 0 saturated heterocycles. The Labute approximate surface area is 149 Å². The summed E-state index contributed by atoms with van der Waals surface area (Å²) in [7, 11) is 0. The summed E-state index contributed by atoms with van der Waals surface area (Å²) in [4.78, 5) is 2.88. The summed E-state index contributed by atoms with van der Waals surface area (Å²) in [6.07, 6.45) is -0.232. The van der Waals surface area contributed by atoms with E-state index in [4.69, 9.17) is 11.3 Å². The van der Waals surface area contributed by atoms with Crippen LogP contribution in [0, 0.1) is 12.4 Å². The molecule has 0 heterocycles. The minimum Gasteiger partial charge on any atom is -0.598 e. The lowest BCUT2D eigenvalue weighted by Crippen LogP contribution is -2.62.